The first kappa shape index (κ1) is 25.2. The Morgan fingerprint density at radius 2 is 1.14 bits per heavy atom. The van der Waals surface area contributed by atoms with Crippen LogP contribution in [-0.4, -0.2) is 13.3 Å². The zero-order valence-electron chi connectivity index (χ0n) is 20.3. The number of nitrogens with zero attached hydrogens (tertiary/aromatic N) is 1. The molecule has 2 nitrogen and oxygen atoms in total. The van der Waals surface area contributed by atoms with Gasteiger partial charge in [0, 0.05) is 0 Å². The molecule has 0 saturated heterocycles. The van der Waals surface area contributed by atoms with E-state index in [4.69, 9.17) is 32.6 Å². The van der Waals surface area contributed by atoms with Gasteiger partial charge in [-0.25, -0.2) is 0 Å². The Morgan fingerprint density at radius 1 is 0.649 bits per heavy atom. The Balaban J connectivity index is 1.86. The average Bonchev–Trinajstić information content (AvgIpc) is 2.98. The van der Waals surface area contributed by atoms with Gasteiger partial charge >= 0.3 is 229 Å². The van der Waals surface area contributed by atoms with Gasteiger partial charge in [0.1, 0.15) is 0 Å². The molecule has 0 aromatic heterocycles. The quantitative estimate of drug-likeness (QED) is 0.155. The van der Waals surface area contributed by atoms with Crippen molar-refractivity contribution in [3.05, 3.63) is 144 Å². The van der Waals surface area contributed by atoms with Crippen LogP contribution in [0.5, 0.6) is 5.75 Å². The zero-order chi connectivity index (χ0) is 25.7. The maximum atomic E-state index is 8.39. The molecule has 0 aliphatic carbocycles. The van der Waals surface area contributed by atoms with Gasteiger partial charge in [-0.05, 0) is 0 Å². The van der Waals surface area contributed by atoms with Gasteiger partial charge in [-0.15, -0.1) is 0 Å². The van der Waals surface area contributed by atoms with E-state index >= 15 is 0 Å². The summed E-state index contributed by atoms with van der Waals surface area (Å²) in [5.74, 6) is -3.00. The van der Waals surface area contributed by atoms with Gasteiger partial charge in [-0.3, -0.25) is 0 Å². The van der Waals surface area contributed by atoms with Crippen molar-refractivity contribution in [1.82, 2.24) is 0 Å². The van der Waals surface area contributed by atoms with Crippen molar-refractivity contribution in [1.29, 1.82) is 0 Å². The summed E-state index contributed by atoms with van der Waals surface area (Å²) >= 11 is 15.1. The molecule has 0 bridgehead atoms. The molecule has 0 saturated carbocycles. The van der Waals surface area contributed by atoms with Crippen molar-refractivity contribution in [3.63, 3.8) is 0 Å². The van der Waals surface area contributed by atoms with Crippen LogP contribution in [0.25, 0.3) is 0 Å². The van der Waals surface area contributed by atoms with Crippen molar-refractivity contribution < 1.29 is 4.74 Å². The van der Waals surface area contributed by atoms with Crippen molar-refractivity contribution in [2.45, 2.75) is 0 Å². The second-order valence-electron chi connectivity index (χ2n) is 8.67. The number of hydrogen-bond donors (Lipinski definition) is 0. The average molecular weight is 542 g/mol. The molecule has 0 aliphatic heterocycles. The second kappa shape index (κ2) is 10.5. The van der Waals surface area contributed by atoms with Crippen LogP contribution < -0.4 is 26.0 Å². The summed E-state index contributed by atoms with van der Waals surface area (Å²) in [6.45, 7) is 0. The van der Waals surface area contributed by atoms with Gasteiger partial charge in [0.05, 0.1) is 0 Å². The van der Waals surface area contributed by atoms with Gasteiger partial charge in [0.15, 0.2) is 0 Å². The van der Waals surface area contributed by atoms with E-state index in [0.29, 0.717) is 5.02 Å². The predicted molar refractivity (Wildman–Crippen MR) is 162 cm³/mol. The monoisotopic (exact) mass is 541 g/mol. The fraction of sp³-hybridized carbons (Fsp3) is 0.0312. The van der Waals surface area contributed by atoms with Crippen molar-refractivity contribution in [3.8, 4) is 5.75 Å². The van der Waals surface area contributed by atoms with E-state index < -0.39 is 5.96 Å². The number of benzene rings is 5. The number of methoxy groups -OCH3 is 1. The van der Waals surface area contributed by atoms with Crippen LogP contribution in [0.2, 0.25) is 5.02 Å². The molecule has 0 atom stereocenters. The first-order valence-corrected chi connectivity index (χ1v) is 15.4. The number of rotatable bonds is 7. The van der Waals surface area contributed by atoms with Crippen molar-refractivity contribution in [2.24, 2.45) is 4.99 Å². The van der Waals surface area contributed by atoms with E-state index in [-0.39, 0.29) is 0 Å². The molecule has 0 radical (unpaired) electrons. The van der Waals surface area contributed by atoms with Crippen molar-refractivity contribution >= 4 is 61.9 Å². The molecular weight excluding hydrogens is 516 g/mol. The number of ether oxygens (including phenoxy) is 1. The van der Waals surface area contributed by atoms with Gasteiger partial charge in [-0.1, -0.05) is 0 Å². The number of halogens is 2. The molecule has 0 unspecified atom stereocenters. The van der Waals surface area contributed by atoms with E-state index in [1.807, 2.05) is 103 Å². The third kappa shape index (κ3) is 4.47. The zero-order valence-corrected chi connectivity index (χ0v) is 22.7. The van der Waals surface area contributed by atoms with Crippen LogP contribution in [0.15, 0.2) is 138 Å². The Labute approximate surface area is 227 Å². The number of hydrogen-bond acceptors (Lipinski definition) is 2. The summed E-state index contributed by atoms with van der Waals surface area (Å²) in [4.78, 5) is 4.81. The van der Waals surface area contributed by atoms with Crippen LogP contribution in [0, 0.1) is 0 Å². The minimum atomic E-state index is -3.78. The summed E-state index contributed by atoms with van der Waals surface area (Å²) in [6, 6.07) is 44.6. The van der Waals surface area contributed by atoms with Crippen LogP contribution in [0.1, 0.15) is 5.56 Å². The Kier molecular flexibility index (Phi) is 7.17. The van der Waals surface area contributed by atoms with E-state index in [9.17, 15) is 0 Å². The van der Waals surface area contributed by atoms with Gasteiger partial charge < -0.3 is 0 Å². The van der Waals surface area contributed by atoms with Crippen LogP contribution >= 0.6 is 28.8 Å². The van der Waals surface area contributed by atoms with E-state index in [2.05, 4.69) is 36.4 Å². The molecule has 0 heterocycles. The van der Waals surface area contributed by atoms with Gasteiger partial charge in [0.2, 0.25) is 0 Å². The third-order valence-electron chi connectivity index (χ3n) is 6.59. The first-order valence-electron chi connectivity index (χ1n) is 11.9. The molecule has 184 valence electrons. The molecule has 0 N–H and O–H groups in total. The fourth-order valence-corrected chi connectivity index (χ4v) is 11.4. The molecule has 5 rings (SSSR count). The predicted octanol–water partition coefficient (Wildman–Crippen LogP) is 7.41. The molecule has 5 aromatic rings. The van der Waals surface area contributed by atoms with Crippen LogP contribution in [0.4, 0.5) is 5.69 Å². The Bertz CT molecular complexity index is 1420. The summed E-state index contributed by atoms with van der Waals surface area (Å²) in [6.07, 6.45) is 1.88. The van der Waals surface area contributed by atoms with Gasteiger partial charge in [0.25, 0.3) is 0 Å². The number of aliphatic imine (C=N–C) groups is 1. The summed E-state index contributed by atoms with van der Waals surface area (Å²) < 4.78 is 5.29. The van der Waals surface area contributed by atoms with Crippen LogP contribution in [0.3, 0.4) is 0 Å². The van der Waals surface area contributed by atoms with Crippen LogP contribution in [-0.2, 0) is 0 Å². The first-order chi connectivity index (χ1) is 18.0. The van der Waals surface area contributed by atoms with E-state index in [1.165, 1.54) is 0 Å². The molecular formula is C32H26Cl2NOP. The van der Waals surface area contributed by atoms with Gasteiger partial charge in [-0.2, -0.15) is 0 Å². The Morgan fingerprint density at radius 3 is 1.59 bits per heavy atom. The maximum absolute atomic E-state index is 8.39. The summed E-state index contributed by atoms with van der Waals surface area (Å²) in [5.41, 5.74) is 1.72. The standard InChI is InChI=1S/C32H26Cl2NOP/c1-36-28-21-19-27(20-22-28)35-24-25-17-18-26(33)23-32(25)37(34,29-11-5-2-6-12-29,30-13-7-3-8-14-30)31-15-9-4-10-16-31/h2-24H,1H3. The molecule has 37 heavy (non-hydrogen) atoms. The summed E-state index contributed by atoms with van der Waals surface area (Å²) in [7, 11) is 1.65. The Hall–Kier alpha value is -3.42. The molecule has 5 heteroatoms. The second-order valence-corrected chi connectivity index (χ2v) is 15.2. The topological polar surface area (TPSA) is 21.6 Å². The van der Waals surface area contributed by atoms with E-state index in [0.717, 1.165) is 38.2 Å². The summed E-state index contributed by atoms with van der Waals surface area (Å²) in [5, 5.41) is 4.67. The molecule has 0 aliphatic rings. The normalized spacial score (nSPS) is 12.7. The molecule has 0 amide bonds. The minimum absolute atomic E-state index is 0.619. The van der Waals surface area contributed by atoms with E-state index in [1.54, 1.807) is 7.11 Å². The molecule has 0 spiro atoms. The SMILES string of the molecule is COc1ccc(N=Cc2ccc(Cl)cc2P(Cl)(c2ccccc2)(c2ccccc2)c2ccccc2)cc1. The van der Waals surface area contributed by atoms with Crippen molar-refractivity contribution in [2.75, 3.05) is 7.11 Å². The molecule has 0 fully saturated rings. The third-order valence-corrected chi connectivity index (χ3v) is 14.2. The molecule has 5 aromatic carbocycles. The fourth-order valence-electron chi connectivity index (χ4n) is 4.79.